The Hall–Kier alpha value is -1.69. The molecule has 1 fully saturated rings. The molecule has 0 unspecified atom stereocenters. The lowest BCUT2D eigenvalue weighted by molar-refractivity contribution is -0.145. The van der Waals surface area contributed by atoms with Gasteiger partial charge in [-0.05, 0) is 12.0 Å². The summed E-state index contributed by atoms with van der Waals surface area (Å²) in [4.78, 5) is 25.1. The molecule has 1 aliphatic rings. The third kappa shape index (κ3) is 3.25. The normalized spacial score (nSPS) is 21.6. The van der Waals surface area contributed by atoms with Crippen molar-refractivity contribution in [3.8, 4) is 0 Å². The Kier molecular flexibility index (Phi) is 4.89. The Morgan fingerprint density at radius 2 is 2.05 bits per heavy atom. The summed E-state index contributed by atoms with van der Waals surface area (Å²) in [6.07, 6.45) is 0.129. The van der Waals surface area contributed by atoms with Crippen LogP contribution in [0.2, 0.25) is 0 Å². The number of nitrogens with zero attached hydrogens (tertiary/aromatic N) is 1. The predicted molar refractivity (Wildman–Crippen MR) is 76.5 cm³/mol. The van der Waals surface area contributed by atoms with Crippen LogP contribution >= 0.6 is 12.6 Å². The Labute approximate surface area is 123 Å². The molecule has 0 spiro atoms. The molecule has 1 amide bonds. The zero-order valence-corrected chi connectivity index (χ0v) is 12.1. The highest BCUT2D eigenvalue weighted by atomic mass is 32.1. The Morgan fingerprint density at radius 3 is 2.70 bits per heavy atom. The summed E-state index contributed by atoms with van der Waals surface area (Å²) in [5, 5.41) is -0.216. The van der Waals surface area contributed by atoms with Crippen LogP contribution in [0, 0.1) is 0 Å². The molecule has 2 rings (SSSR count). The molecule has 0 saturated carbocycles. The molecule has 0 N–H and O–H groups in total. The summed E-state index contributed by atoms with van der Waals surface area (Å²) in [5.74, 6) is -0.459. The maximum atomic E-state index is 12.1. The fourth-order valence-corrected chi connectivity index (χ4v) is 2.59. The standard InChI is InChI=1S/C14H17NO4S/c1-18-13(16)12-11(20)7-8-15(12)14(17)19-9-10-5-3-2-4-6-10/h2-6,11-12,20H,7-9H2,1H3/t11-,12-/m0/s1. The van der Waals surface area contributed by atoms with Gasteiger partial charge in [-0.25, -0.2) is 9.59 Å². The molecule has 1 aliphatic heterocycles. The lowest BCUT2D eigenvalue weighted by atomic mass is 10.2. The number of hydrogen-bond donors (Lipinski definition) is 1. The smallest absolute Gasteiger partial charge is 0.410 e. The van der Waals surface area contributed by atoms with Crippen LogP contribution in [-0.4, -0.2) is 41.9 Å². The van der Waals surface area contributed by atoms with Gasteiger partial charge in [-0.3, -0.25) is 4.90 Å². The lowest BCUT2D eigenvalue weighted by Gasteiger charge is -2.23. The average Bonchev–Trinajstić information content (AvgIpc) is 2.87. The van der Waals surface area contributed by atoms with E-state index in [0.717, 1.165) is 5.56 Å². The number of ether oxygens (including phenoxy) is 2. The predicted octanol–water partition coefficient (Wildman–Crippen LogP) is 1.87. The lowest BCUT2D eigenvalue weighted by Crippen LogP contribution is -2.44. The zero-order chi connectivity index (χ0) is 14.5. The molecule has 1 aromatic rings. The van der Waals surface area contributed by atoms with Gasteiger partial charge >= 0.3 is 12.1 Å². The van der Waals surface area contributed by atoms with Crippen LogP contribution in [0.1, 0.15) is 12.0 Å². The molecular weight excluding hydrogens is 278 g/mol. The molecule has 1 aromatic carbocycles. The fraction of sp³-hybridized carbons (Fsp3) is 0.429. The molecule has 5 nitrogen and oxygen atoms in total. The van der Waals surface area contributed by atoms with Crippen molar-refractivity contribution in [2.45, 2.75) is 24.3 Å². The van der Waals surface area contributed by atoms with Crippen LogP contribution in [0.3, 0.4) is 0 Å². The van der Waals surface area contributed by atoms with Gasteiger partial charge in [0, 0.05) is 11.8 Å². The summed E-state index contributed by atoms with van der Waals surface area (Å²) in [6, 6.07) is 8.71. The topological polar surface area (TPSA) is 55.8 Å². The summed E-state index contributed by atoms with van der Waals surface area (Å²) in [7, 11) is 1.30. The molecule has 0 aliphatic carbocycles. The minimum absolute atomic E-state index is 0.182. The minimum atomic E-state index is -0.674. The average molecular weight is 295 g/mol. The van der Waals surface area contributed by atoms with E-state index >= 15 is 0 Å². The van der Waals surface area contributed by atoms with E-state index in [1.54, 1.807) is 0 Å². The second-order valence-corrected chi connectivity index (χ2v) is 5.22. The zero-order valence-electron chi connectivity index (χ0n) is 11.2. The molecule has 2 atom stereocenters. The fourth-order valence-electron chi connectivity index (χ4n) is 2.19. The molecular formula is C14H17NO4S. The first-order valence-electron chi connectivity index (χ1n) is 6.36. The van der Waals surface area contributed by atoms with Gasteiger partial charge in [0.15, 0.2) is 0 Å². The van der Waals surface area contributed by atoms with Crippen molar-refractivity contribution in [1.82, 2.24) is 4.90 Å². The largest absolute Gasteiger partial charge is 0.467 e. The number of carbonyl (C=O) groups excluding carboxylic acids is 2. The number of rotatable bonds is 3. The molecule has 1 heterocycles. The number of esters is 1. The number of carbonyl (C=O) groups is 2. The molecule has 0 radical (unpaired) electrons. The second-order valence-electron chi connectivity index (χ2n) is 4.56. The van der Waals surface area contributed by atoms with Crippen LogP contribution in [0.4, 0.5) is 4.79 Å². The van der Waals surface area contributed by atoms with E-state index in [2.05, 4.69) is 12.6 Å². The van der Waals surface area contributed by atoms with Gasteiger partial charge in [-0.2, -0.15) is 12.6 Å². The van der Waals surface area contributed by atoms with Crippen molar-refractivity contribution in [2.75, 3.05) is 13.7 Å². The number of benzene rings is 1. The van der Waals surface area contributed by atoms with Crippen molar-refractivity contribution < 1.29 is 19.1 Å². The number of hydrogen-bond acceptors (Lipinski definition) is 5. The van der Waals surface area contributed by atoms with E-state index in [4.69, 9.17) is 9.47 Å². The SMILES string of the molecule is COC(=O)[C@@H]1[C@@H](S)CCN1C(=O)OCc1ccccc1. The van der Waals surface area contributed by atoms with Crippen molar-refractivity contribution >= 4 is 24.7 Å². The van der Waals surface area contributed by atoms with Crippen LogP contribution in [0.25, 0.3) is 0 Å². The van der Waals surface area contributed by atoms with Gasteiger partial charge in [0.05, 0.1) is 7.11 Å². The van der Waals surface area contributed by atoms with Crippen LogP contribution in [-0.2, 0) is 20.9 Å². The van der Waals surface area contributed by atoms with Crippen LogP contribution in [0.15, 0.2) is 30.3 Å². The monoisotopic (exact) mass is 295 g/mol. The van der Waals surface area contributed by atoms with Gasteiger partial charge in [-0.1, -0.05) is 30.3 Å². The number of amides is 1. The van der Waals surface area contributed by atoms with E-state index in [-0.39, 0.29) is 11.9 Å². The third-order valence-corrected chi connectivity index (χ3v) is 3.79. The van der Waals surface area contributed by atoms with Crippen LogP contribution < -0.4 is 0 Å². The molecule has 0 bridgehead atoms. The van der Waals surface area contributed by atoms with Crippen LogP contribution in [0.5, 0.6) is 0 Å². The minimum Gasteiger partial charge on any atom is -0.467 e. The summed E-state index contributed by atoms with van der Waals surface area (Å²) >= 11 is 4.32. The Morgan fingerprint density at radius 1 is 1.35 bits per heavy atom. The number of thiol groups is 1. The van der Waals surface area contributed by atoms with Crippen molar-refractivity contribution in [3.63, 3.8) is 0 Å². The van der Waals surface area contributed by atoms with E-state index in [9.17, 15) is 9.59 Å². The van der Waals surface area contributed by atoms with E-state index < -0.39 is 18.1 Å². The van der Waals surface area contributed by atoms with E-state index in [1.165, 1.54) is 12.0 Å². The van der Waals surface area contributed by atoms with Gasteiger partial charge in [0.25, 0.3) is 0 Å². The highest BCUT2D eigenvalue weighted by molar-refractivity contribution is 7.81. The maximum absolute atomic E-state index is 12.1. The van der Waals surface area contributed by atoms with Gasteiger partial charge in [0.1, 0.15) is 12.6 Å². The first-order chi connectivity index (χ1) is 9.63. The first kappa shape index (κ1) is 14.7. The first-order valence-corrected chi connectivity index (χ1v) is 6.88. The summed E-state index contributed by atoms with van der Waals surface area (Å²) in [5.41, 5.74) is 0.900. The van der Waals surface area contributed by atoms with E-state index in [1.807, 2.05) is 30.3 Å². The van der Waals surface area contributed by atoms with Gasteiger partial charge in [0.2, 0.25) is 0 Å². The maximum Gasteiger partial charge on any atom is 0.410 e. The quantitative estimate of drug-likeness (QED) is 0.683. The molecule has 0 aromatic heterocycles. The van der Waals surface area contributed by atoms with E-state index in [0.29, 0.717) is 13.0 Å². The summed E-state index contributed by atoms with van der Waals surface area (Å²) in [6.45, 7) is 0.628. The van der Waals surface area contributed by atoms with Crippen molar-refractivity contribution in [2.24, 2.45) is 0 Å². The molecule has 20 heavy (non-hydrogen) atoms. The highest BCUT2D eigenvalue weighted by Crippen LogP contribution is 2.24. The molecule has 1 saturated heterocycles. The van der Waals surface area contributed by atoms with Crippen molar-refractivity contribution in [1.29, 1.82) is 0 Å². The Bertz CT molecular complexity index is 479. The second kappa shape index (κ2) is 6.65. The van der Waals surface area contributed by atoms with Gasteiger partial charge < -0.3 is 9.47 Å². The molecule has 108 valence electrons. The Balaban J connectivity index is 1.96. The summed E-state index contributed by atoms with van der Waals surface area (Å²) < 4.78 is 9.94. The number of methoxy groups -OCH3 is 1. The third-order valence-electron chi connectivity index (χ3n) is 3.25. The van der Waals surface area contributed by atoms with Crippen molar-refractivity contribution in [3.05, 3.63) is 35.9 Å². The van der Waals surface area contributed by atoms with Gasteiger partial charge in [-0.15, -0.1) is 0 Å². The molecule has 6 heteroatoms. The highest BCUT2D eigenvalue weighted by Gasteiger charge is 2.41. The number of likely N-dealkylation sites (tertiary alicyclic amines) is 1.